The largest absolute Gasteiger partial charge is 0.493 e. The number of pyridine rings is 1. The number of carbonyl (C=O) groups is 3. The maximum Gasteiger partial charge on any atom is 0.270 e. The van der Waals surface area contributed by atoms with E-state index < -0.39 is 11.8 Å². The van der Waals surface area contributed by atoms with Crippen LogP contribution in [0.1, 0.15) is 28.9 Å². The van der Waals surface area contributed by atoms with Crippen molar-refractivity contribution in [2.45, 2.75) is 19.8 Å². The van der Waals surface area contributed by atoms with Crippen LogP contribution in [0.5, 0.6) is 5.75 Å². The Balaban J connectivity index is 1.60. The molecule has 0 bridgehead atoms. The third kappa shape index (κ3) is 7.97. The van der Waals surface area contributed by atoms with Crippen LogP contribution in [0.15, 0.2) is 36.5 Å². The molecule has 0 saturated heterocycles. The molecule has 0 saturated carbocycles. The summed E-state index contributed by atoms with van der Waals surface area (Å²) >= 11 is 11.7. The fourth-order valence-corrected chi connectivity index (χ4v) is 2.60. The number of rotatable bonds is 8. The molecule has 154 valence electrons. The zero-order valence-corrected chi connectivity index (χ0v) is 17.1. The molecule has 0 radical (unpaired) electrons. The van der Waals surface area contributed by atoms with E-state index in [4.69, 9.17) is 27.9 Å². The van der Waals surface area contributed by atoms with Gasteiger partial charge >= 0.3 is 0 Å². The molecule has 0 fully saturated rings. The van der Waals surface area contributed by atoms with Crippen LogP contribution in [-0.4, -0.2) is 35.9 Å². The molecule has 8 nitrogen and oxygen atoms in total. The Morgan fingerprint density at radius 3 is 2.48 bits per heavy atom. The standard InChI is InChI=1S/C19H20Cl2N4O4/c1-12-9-13(20)4-5-16(12)29-8-2-3-17(26)24-25-18(27)11-23-19(28)15-10-14(21)6-7-22-15/h4-7,9-10H,2-3,8,11H2,1H3,(H,23,28)(H,24,26)(H,25,27). The summed E-state index contributed by atoms with van der Waals surface area (Å²) in [7, 11) is 0. The van der Waals surface area contributed by atoms with Gasteiger partial charge in [0.05, 0.1) is 13.2 Å². The van der Waals surface area contributed by atoms with Crippen molar-refractivity contribution >= 4 is 40.9 Å². The number of halogens is 2. The van der Waals surface area contributed by atoms with Crippen molar-refractivity contribution in [3.05, 3.63) is 57.8 Å². The van der Waals surface area contributed by atoms with Crippen LogP contribution in [0.3, 0.4) is 0 Å². The molecule has 0 aliphatic rings. The van der Waals surface area contributed by atoms with Gasteiger partial charge in [0.15, 0.2) is 0 Å². The summed E-state index contributed by atoms with van der Waals surface area (Å²) < 4.78 is 5.59. The molecule has 0 unspecified atom stereocenters. The van der Waals surface area contributed by atoms with Crippen molar-refractivity contribution < 1.29 is 19.1 Å². The lowest BCUT2D eigenvalue weighted by Crippen LogP contribution is -2.46. The van der Waals surface area contributed by atoms with E-state index in [0.29, 0.717) is 28.8 Å². The number of carbonyl (C=O) groups excluding carboxylic acids is 3. The van der Waals surface area contributed by atoms with Gasteiger partial charge in [-0.25, -0.2) is 0 Å². The van der Waals surface area contributed by atoms with Gasteiger partial charge in [-0.15, -0.1) is 0 Å². The van der Waals surface area contributed by atoms with Crippen molar-refractivity contribution in [2.75, 3.05) is 13.2 Å². The quantitative estimate of drug-likeness (QED) is 0.433. The second kappa shape index (κ2) is 11.2. The van der Waals surface area contributed by atoms with Crippen LogP contribution in [-0.2, 0) is 9.59 Å². The van der Waals surface area contributed by atoms with Gasteiger partial charge in [-0.2, -0.15) is 0 Å². The first-order chi connectivity index (χ1) is 13.8. The van der Waals surface area contributed by atoms with Crippen molar-refractivity contribution in [1.82, 2.24) is 21.2 Å². The van der Waals surface area contributed by atoms with Gasteiger partial charge in [0, 0.05) is 22.7 Å². The minimum absolute atomic E-state index is 0.0882. The molecule has 0 aliphatic carbocycles. The highest BCUT2D eigenvalue weighted by molar-refractivity contribution is 6.31. The number of hydrogen-bond acceptors (Lipinski definition) is 5. The molecule has 0 atom stereocenters. The number of ether oxygens (including phenoxy) is 1. The molecular weight excluding hydrogens is 419 g/mol. The third-order valence-electron chi connectivity index (χ3n) is 3.65. The van der Waals surface area contributed by atoms with E-state index >= 15 is 0 Å². The van der Waals surface area contributed by atoms with Crippen LogP contribution in [0.4, 0.5) is 0 Å². The first-order valence-electron chi connectivity index (χ1n) is 8.71. The fourth-order valence-electron chi connectivity index (χ4n) is 2.22. The Morgan fingerprint density at radius 1 is 1.03 bits per heavy atom. The molecule has 2 rings (SSSR count). The predicted octanol–water partition coefficient (Wildman–Crippen LogP) is 2.43. The lowest BCUT2D eigenvalue weighted by atomic mass is 10.2. The Labute approximate surface area is 177 Å². The van der Waals surface area contributed by atoms with Crippen LogP contribution >= 0.6 is 23.2 Å². The van der Waals surface area contributed by atoms with Crippen molar-refractivity contribution in [2.24, 2.45) is 0 Å². The summed E-state index contributed by atoms with van der Waals surface area (Å²) in [4.78, 5) is 39.2. The van der Waals surface area contributed by atoms with Gasteiger partial charge < -0.3 is 10.1 Å². The third-order valence-corrected chi connectivity index (χ3v) is 4.12. The summed E-state index contributed by atoms with van der Waals surface area (Å²) in [5.41, 5.74) is 5.49. The van der Waals surface area contributed by atoms with Gasteiger partial charge in [0.2, 0.25) is 5.91 Å². The predicted molar refractivity (Wildman–Crippen MR) is 109 cm³/mol. The SMILES string of the molecule is Cc1cc(Cl)ccc1OCCCC(=O)NNC(=O)CNC(=O)c1cc(Cl)ccn1. The van der Waals surface area contributed by atoms with Crippen molar-refractivity contribution in [3.63, 3.8) is 0 Å². The normalized spacial score (nSPS) is 10.2. The van der Waals surface area contributed by atoms with E-state index in [-0.39, 0.29) is 24.6 Å². The Morgan fingerprint density at radius 2 is 1.76 bits per heavy atom. The number of hydrazine groups is 1. The highest BCUT2D eigenvalue weighted by Gasteiger charge is 2.10. The molecule has 0 aliphatic heterocycles. The molecule has 0 spiro atoms. The molecule has 10 heteroatoms. The first-order valence-corrected chi connectivity index (χ1v) is 9.47. The second-order valence-electron chi connectivity index (χ2n) is 6.00. The number of nitrogens with zero attached hydrogens (tertiary/aromatic N) is 1. The van der Waals surface area contributed by atoms with E-state index in [2.05, 4.69) is 21.2 Å². The topological polar surface area (TPSA) is 109 Å². The van der Waals surface area contributed by atoms with Crippen LogP contribution in [0.25, 0.3) is 0 Å². The summed E-state index contributed by atoms with van der Waals surface area (Å²) in [6.07, 6.45) is 2.00. The average molecular weight is 439 g/mol. The number of nitrogens with one attached hydrogen (secondary N) is 3. The highest BCUT2D eigenvalue weighted by atomic mass is 35.5. The Kier molecular flexibility index (Phi) is 8.69. The van der Waals surface area contributed by atoms with Crippen LogP contribution in [0.2, 0.25) is 10.0 Å². The van der Waals surface area contributed by atoms with Gasteiger partial charge in [-0.05, 0) is 49.2 Å². The molecule has 2 aromatic rings. The van der Waals surface area contributed by atoms with E-state index in [1.165, 1.54) is 18.3 Å². The molecule has 3 N–H and O–H groups in total. The molecule has 1 heterocycles. The Hall–Kier alpha value is -2.84. The van der Waals surface area contributed by atoms with Crippen molar-refractivity contribution in [1.29, 1.82) is 0 Å². The zero-order valence-electron chi connectivity index (χ0n) is 15.6. The average Bonchev–Trinajstić information content (AvgIpc) is 2.69. The number of aryl methyl sites for hydroxylation is 1. The van der Waals surface area contributed by atoms with Crippen molar-refractivity contribution in [3.8, 4) is 5.75 Å². The molecule has 29 heavy (non-hydrogen) atoms. The minimum atomic E-state index is -0.582. The summed E-state index contributed by atoms with van der Waals surface area (Å²) in [6, 6.07) is 8.20. The van der Waals surface area contributed by atoms with Crippen LogP contribution < -0.4 is 20.9 Å². The lowest BCUT2D eigenvalue weighted by molar-refractivity contribution is -0.128. The van der Waals surface area contributed by atoms with Gasteiger partial charge in [0.1, 0.15) is 11.4 Å². The maximum absolute atomic E-state index is 11.9. The van der Waals surface area contributed by atoms with E-state index in [0.717, 1.165) is 5.56 Å². The monoisotopic (exact) mass is 438 g/mol. The van der Waals surface area contributed by atoms with Crippen LogP contribution in [0, 0.1) is 6.92 Å². The number of amides is 3. The Bertz CT molecular complexity index is 892. The molecule has 1 aromatic carbocycles. The molecule has 3 amide bonds. The van der Waals surface area contributed by atoms with E-state index in [1.807, 2.05) is 6.92 Å². The van der Waals surface area contributed by atoms with Gasteiger partial charge in [0.25, 0.3) is 11.8 Å². The molecular formula is C19H20Cl2N4O4. The first kappa shape index (κ1) is 22.4. The zero-order chi connectivity index (χ0) is 21.2. The summed E-state index contributed by atoms with van der Waals surface area (Å²) in [6.45, 7) is 1.89. The number of hydrogen-bond donors (Lipinski definition) is 3. The fraction of sp³-hybridized carbons (Fsp3) is 0.263. The second-order valence-corrected chi connectivity index (χ2v) is 6.87. The van der Waals surface area contributed by atoms with E-state index in [9.17, 15) is 14.4 Å². The van der Waals surface area contributed by atoms with E-state index in [1.54, 1.807) is 18.2 Å². The smallest absolute Gasteiger partial charge is 0.270 e. The number of benzene rings is 1. The van der Waals surface area contributed by atoms with Gasteiger partial charge in [-0.3, -0.25) is 30.2 Å². The molecule has 1 aromatic heterocycles. The highest BCUT2D eigenvalue weighted by Crippen LogP contribution is 2.21. The minimum Gasteiger partial charge on any atom is -0.493 e. The maximum atomic E-state index is 11.9. The lowest BCUT2D eigenvalue weighted by Gasteiger charge is -2.10. The van der Waals surface area contributed by atoms with Gasteiger partial charge in [-0.1, -0.05) is 23.2 Å². The summed E-state index contributed by atoms with van der Waals surface area (Å²) in [5.74, 6) is -0.809. The summed E-state index contributed by atoms with van der Waals surface area (Å²) in [5, 5.41) is 3.36. The number of aromatic nitrogens is 1.